The van der Waals surface area contributed by atoms with E-state index in [0.717, 1.165) is 61.4 Å². The summed E-state index contributed by atoms with van der Waals surface area (Å²) in [6.45, 7) is 0. The Bertz CT molecular complexity index is 2580. The molecular formula is C44H28N4. The molecule has 224 valence electrons. The monoisotopic (exact) mass is 612 g/mol. The Hall–Kier alpha value is -6.52. The van der Waals surface area contributed by atoms with E-state index in [-0.39, 0.29) is 0 Å². The first-order valence-electron chi connectivity index (χ1n) is 16.1. The standard InChI is InChI=1S/C44H28N4/c1-3-12-29(13-4-1)30-22-24-32(25-23-30)40-28-41(48-44(47-40)33-15-5-2-6-16-33)38-20-11-21-39(45-38)43-36-27-26-31-14-7-8-17-34(31)42(36)35-18-9-10-19-37(35)46-43/h1-28H. The number of aromatic nitrogens is 4. The molecule has 4 heteroatoms. The van der Waals surface area contributed by atoms with E-state index in [9.17, 15) is 0 Å². The maximum atomic E-state index is 5.22. The van der Waals surface area contributed by atoms with Gasteiger partial charge in [0.05, 0.1) is 34.0 Å². The second-order valence-corrected chi connectivity index (χ2v) is 11.9. The van der Waals surface area contributed by atoms with Crippen molar-refractivity contribution < 1.29 is 0 Å². The fraction of sp³-hybridized carbons (Fsp3) is 0. The largest absolute Gasteiger partial charge is 0.245 e. The molecule has 6 aromatic carbocycles. The van der Waals surface area contributed by atoms with E-state index in [2.05, 4.69) is 103 Å². The van der Waals surface area contributed by atoms with Gasteiger partial charge in [-0.25, -0.2) is 19.9 Å². The van der Waals surface area contributed by atoms with Gasteiger partial charge in [0.2, 0.25) is 0 Å². The van der Waals surface area contributed by atoms with Gasteiger partial charge < -0.3 is 0 Å². The molecule has 0 N–H and O–H groups in total. The van der Waals surface area contributed by atoms with Crippen LogP contribution in [0.4, 0.5) is 0 Å². The summed E-state index contributed by atoms with van der Waals surface area (Å²) in [6.07, 6.45) is 0. The van der Waals surface area contributed by atoms with Crippen LogP contribution in [-0.4, -0.2) is 19.9 Å². The van der Waals surface area contributed by atoms with Crippen molar-refractivity contribution in [3.05, 3.63) is 170 Å². The number of hydrogen-bond donors (Lipinski definition) is 0. The molecule has 0 atom stereocenters. The van der Waals surface area contributed by atoms with Crippen LogP contribution in [0.2, 0.25) is 0 Å². The number of pyridine rings is 2. The molecule has 0 aliphatic heterocycles. The minimum absolute atomic E-state index is 0.656. The van der Waals surface area contributed by atoms with Crippen LogP contribution in [0, 0.1) is 0 Å². The van der Waals surface area contributed by atoms with Gasteiger partial charge in [-0.3, -0.25) is 0 Å². The van der Waals surface area contributed by atoms with Gasteiger partial charge in [0, 0.05) is 27.3 Å². The van der Waals surface area contributed by atoms with Crippen LogP contribution >= 0.6 is 0 Å². The van der Waals surface area contributed by atoms with Crippen LogP contribution in [0.3, 0.4) is 0 Å². The summed E-state index contributed by atoms with van der Waals surface area (Å²) in [6, 6.07) is 58.5. The third kappa shape index (κ3) is 4.97. The van der Waals surface area contributed by atoms with Crippen LogP contribution in [0.15, 0.2) is 170 Å². The van der Waals surface area contributed by atoms with Crippen molar-refractivity contribution in [2.45, 2.75) is 0 Å². The quantitative estimate of drug-likeness (QED) is 0.181. The molecule has 0 bridgehead atoms. The van der Waals surface area contributed by atoms with Crippen molar-refractivity contribution in [1.29, 1.82) is 0 Å². The van der Waals surface area contributed by atoms with Gasteiger partial charge in [-0.15, -0.1) is 0 Å². The summed E-state index contributed by atoms with van der Waals surface area (Å²) in [4.78, 5) is 20.5. The van der Waals surface area contributed by atoms with Crippen LogP contribution in [0.25, 0.3) is 89.0 Å². The normalized spacial score (nSPS) is 11.3. The highest BCUT2D eigenvalue weighted by Crippen LogP contribution is 2.37. The second kappa shape index (κ2) is 11.7. The fourth-order valence-corrected chi connectivity index (χ4v) is 6.53. The lowest BCUT2D eigenvalue weighted by atomic mass is 9.96. The molecule has 0 unspecified atom stereocenters. The average Bonchev–Trinajstić information content (AvgIpc) is 3.18. The first-order chi connectivity index (χ1) is 23.8. The lowest BCUT2D eigenvalue weighted by molar-refractivity contribution is 1.16. The SMILES string of the molecule is c1ccc(-c2ccc(-c3cc(-c4cccc(-c5nc6ccccc6c6c5ccc5ccccc56)n4)nc(-c4ccccc4)n3)cc2)cc1. The number of para-hydroxylation sites is 1. The molecule has 3 aromatic heterocycles. The van der Waals surface area contributed by atoms with Crippen LogP contribution in [0.5, 0.6) is 0 Å². The van der Waals surface area contributed by atoms with E-state index in [4.69, 9.17) is 19.9 Å². The van der Waals surface area contributed by atoms with Crippen molar-refractivity contribution in [1.82, 2.24) is 19.9 Å². The van der Waals surface area contributed by atoms with Crippen molar-refractivity contribution >= 4 is 32.4 Å². The van der Waals surface area contributed by atoms with Crippen molar-refractivity contribution in [2.24, 2.45) is 0 Å². The van der Waals surface area contributed by atoms with Crippen molar-refractivity contribution in [2.75, 3.05) is 0 Å². The number of rotatable bonds is 5. The van der Waals surface area contributed by atoms with E-state index in [1.807, 2.05) is 66.7 Å². The van der Waals surface area contributed by atoms with E-state index in [1.165, 1.54) is 21.7 Å². The van der Waals surface area contributed by atoms with Gasteiger partial charge in [-0.1, -0.05) is 146 Å². The van der Waals surface area contributed by atoms with Gasteiger partial charge in [0.25, 0.3) is 0 Å². The smallest absolute Gasteiger partial charge is 0.160 e. The fourth-order valence-electron chi connectivity index (χ4n) is 6.53. The summed E-state index contributed by atoms with van der Waals surface area (Å²) in [5.74, 6) is 0.656. The molecule has 0 aliphatic rings. The van der Waals surface area contributed by atoms with Gasteiger partial charge in [-0.2, -0.15) is 0 Å². The highest BCUT2D eigenvalue weighted by molar-refractivity contribution is 6.22. The molecule has 0 radical (unpaired) electrons. The predicted octanol–water partition coefficient (Wildman–Crippen LogP) is 11.1. The topological polar surface area (TPSA) is 51.6 Å². The van der Waals surface area contributed by atoms with Crippen LogP contribution in [-0.2, 0) is 0 Å². The molecule has 3 heterocycles. The third-order valence-corrected chi connectivity index (χ3v) is 8.89. The summed E-state index contributed by atoms with van der Waals surface area (Å²) < 4.78 is 0. The lowest BCUT2D eigenvalue weighted by Gasteiger charge is -2.13. The van der Waals surface area contributed by atoms with E-state index in [0.29, 0.717) is 5.82 Å². The maximum Gasteiger partial charge on any atom is 0.160 e. The van der Waals surface area contributed by atoms with Gasteiger partial charge in [0.15, 0.2) is 5.82 Å². The molecular weight excluding hydrogens is 585 g/mol. The predicted molar refractivity (Wildman–Crippen MR) is 197 cm³/mol. The first kappa shape index (κ1) is 27.8. The zero-order valence-electron chi connectivity index (χ0n) is 26.0. The summed E-state index contributed by atoms with van der Waals surface area (Å²) >= 11 is 0. The zero-order chi connectivity index (χ0) is 31.9. The molecule has 0 saturated heterocycles. The summed E-state index contributed by atoms with van der Waals surface area (Å²) in [5, 5.41) is 5.81. The molecule has 0 saturated carbocycles. The van der Waals surface area contributed by atoms with Gasteiger partial charge >= 0.3 is 0 Å². The Kier molecular flexibility index (Phi) is 6.76. The van der Waals surface area contributed by atoms with Crippen LogP contribution in [0.1, 0.15) is 0 Å². The highest BCUT2D eigenvalue weighted by atomic mass is 14.9. The Morgan fingerprint density at radius 1 is 0.312 bits per heavy atom. The van der Waals surface area contributed by atoms with E-state index in [1.54, 1.807) is 0 Å². The summed E-state index contributed by atoms with van der Waals surface area (Å²) in [5.41, 5.74) is 9.26. The minimum atomic E-state index is 0.656. The third-order valence-electron chi connectivity index (χ3n) is 8.89. The lowest BCUT2D eigenvalue weighted by Crippen LogP contribution is -1.98. The molecule has 0 amide bonds. The molecule has 48 heavy (non-hydrogen) atoms. The number of hydrogen-bond acceptors (Lipinski definition) is 4. The first-order valence-corrected chi connectivity index (χ1v) is 16.1. The Balaban J connectivity index is 1.21. The molecule has 9 aromatic rings. The maximum absolute atomic E-state index is 5.22. The van der Waals surface area contributed by atoms with E-state index < -0.39 is 0 Å². The van der Waals surface area contributed by atoms with Crippen molar-refractivity contribution in [3.63, 3.8) is 0 Å². The van der Waals surface area contributed by atoms with Gasteiger partial charge in [-0.05, 0) is 46.2 Å². The molecule has 0 spiro atoms. The Morgan fingerprint density at radius 3 is 1.75 bits per heavy atom. The minimum Gasteiger partial charge on any atom is -0.245 e. The average molecular weight is 613 g/mol. The second-order valence-electron chi connectivity index (χ2n) is 11.9. The Morgan fingerprint density at radius 2 is 0.938 bits per heavy atom. The highest BCUT2D eigenvalue weighted by Gasteiger charge is 2.16. The molecule has 4 nitrogen and oxygen atoms in total. The number of nitrogens with zero attached hydrogens (tertiary/aromatic N) is 4. The molecule has 0 fully saturated rings. The molecule has 0 aliphatic carbocycles. The van der Waals surface area contributed by atoms with Gasteiger partial charge in [0.1, 0.15) is 0 Å². The van der Waals surface area contributed by atoms with Crippen molar-refractivity contribution in [3.8, 4) is 56.5 Å². The molecule has 9 rings (SSSR count). The number of fused-ring (bicyclic) bond motifs is 5. The summed E-state index contributed by atoms with van der Waals surface area (Å²) in [7, 11) is 0. The Labute approximate surface area is 278 Å². The van der Waals surface area contributed by atoms with Crippen LogP contribution < -0.4 is 0 Å². The zero-order valence-corrected chi connectivity index (χ0v) is 26.0. The number of benzene rings is 6. The van der Waals surface area contributed by atoms with E-state index >= 15 is 0 Å².